The van der Waals surface area contributed by atoms with Crippen LogP contribution in [0.15, 0.2) is 30.5 Å². The molecule has 1 heterocycles. The largest absolute Gasteiger partial charge is 0.466 e. The summed E-state index contributed by atoms with van der Waals surface area (Å²) in [4.78, 5) is 26.4. The van der Waals surface area contributed by atoms with Gasteiger partial charge in [-0.2, -0.15) is 0 Å². The number of hydrogen-bond acceptors (Lipinski definition) is 4. The summed E-state index contributed by atoms with van der Waals surface area (Å²) in [5.74, 6) is -0.649. The maximum Gasteiger partial charge on any atom is 0.330 e. The highest BCUT2D eigenvalue weighted by atomic mass is 16.5. The molecule has 1 aromatic rings. The predicted molar refractivity (Wildman–Crippen MR) is 62.5 cm³/mol. The monoisotopic (exact) mass is 234 g/mol. The molecule has 0 unspecified atom stereocenters. The lowest BCUT2D eigenvalue weighted by Gasteiger charge is -2.02. The van der Waals surface area contributed by atoms with Crippen LogP contribution in [0.2, 0.25) is 0 Å². The van der Waals surface area contributed by atoms with Crippen LogP contribution in [0.25, 0.3) is 0 Å². The van der Waals surface area contributed by atoms with Crippen LogP contribution in [0.1, 0.15) is 16.1 Å². The van der Waals surface area contributed by atoms with E-state index in [1.807, 2.05) is 6.92 Å². The van der Waals surface area contributed by atoms with Gasteiger partial charge in [0.25, 0.3) is 5.91 Å². The van der Waals surface area contributed by atoms with E-state index in [0.29, 0.717) is 5.56 Å². The van der Waals surface area contributed by atoms with Crippen molar-refractivity contribution in [3.8, 4) is 0 Å². The zero-order chi connectivity index (χ0) is 12.7. The Morgan fingerprint density at radius 1 is 1.53 bits per heavy atom. The first kappa shape index (κ1) is 12.9. The zero-order valence-electron chi connectivity index (χ0n) is 9.77. The molecule has 5 heteroatoms. The first-order valence-corrected chi connectivity index (χ1v) is 5.09. The van der Waals surface area contributed by atoms with E-state index in [4.69, 9.17) is 0 Å². The molecule has 0 spiro atoms. The van der Waals surface area contributed by atoms with E-state index in [-0.39, 0.29) is 12.5 Å². The first-order valence-electron chi connectivity index (χ1n) is 5.09. The highest BCUT2D eigenvalue weighted by molar-refractivity contribution is 5.94. The van der Waals surface area contributed by atoms with Crippen LogP contribution < -0.4 is 5.32 Å². The normalized spacial score (nSPS) is 10.2. The molecule has 1 aromatic heterocycles. The summed E-state index contributed by atoms with van der Waals surface area (Å²) in [7, 11) is 1.30. The van der Waals surface area contributed by atoms with Gasteiger partial charge < -0.3 is 10.1 Å². The third kappa shape index (κ3) is 4.46. The van der Waals surface area contributed by atoms with Gasteiger partial charge in [0.2, 0.25) is 0 Å². The van der Waals surface area contributed by atoms with Crippen molar-refractivity contribution >= 4 is 11.9 Å². The minimum atomic E-state index is -0.445. The van der Waals surface area contributed by atoms with Gasteiger partial charge in [-0.05, 0) is 19.1 Å². The second-order valence-electron chi connectivity index (χ2n) is 3.32. The van der Waals surface area contributed by atoms with Gasteiger partial charge in [0.05, 0.1) is 7.11 Å². The molecule has 0 aliphatic carbocycles. The third-order valence-electron chi connectivity index (χ3n) is 1.99. The molecule has 1 rings (SSSR count). The van der Waals surface area contributed by atoms with E-state index in [1.165, 1.54) is 19.3 Å². The molecule has 0 aromatic carbocycles. The Hall–Kier alpha value is -2.17. The average Bonchev–Trinajstić information content (AvgIpc) is 2.34. The summed E-state index contributed by atoms with van der Waals surface area (Å²) in [6.45, 7) is 2.09. The number of hydrogen-bond donors (Lipinski definition) is 1. The summed E-state index contributed by atoms with van der Waals surface area (Å²) in [5, 5.41) is 2.64. The average molecular weight is 234 g/mol. The van der Waals surface area contributed by atoms with Gasteiger partial charge in [-0.25, -0.2) is 4.79 Å². The molecule has 0 saturated carbocycles. The number of esters is 1. The van der Waals surface area contributed by atoms with Crippen molar-refractivity contribution in [2.75, 3.05) is 13.7 Å². The number of methoxy groups -OCH3 is 1. The Kier molecular flexibility index (Phi) is 4.87. The lowest BCUT2D eigenvalue weighted by atomic mass is 10.2. The molecule has 1 amide bonds. The molecule has 0 saturated heterocycles. The van der Waals surface area contributed by atoms with Crippen LogP contribution >= 0.6 is 0 Å². The quantitative estimate of drug-likeness (QED) is 0.619. The molecule has 90 valence electrons. The Balaban J connectivity index is 2.45. The van der Waals surface area contributed by atoms with Gasteiger partial charge in [0.15, 0.2) is 0 Å². The summed E-state index contributed by atoms with van der Waals surface area (Å²) in [5.41, 5.74) is 1.33. The maximum absolute atomic E-state index is 11.6. The van der Waals surface area contributed by atoms with Gasteiger partial charge in [-0.15, -0.1) is 0 Å². The number of carbonyl (C=O) groups is 2. The van der Waals surface area contributed by atoms with Crippen molar-refractivity contribution in [3.63, 3.8) is 0 Å². The number of pyridine rings is 1. The van der Waals surface area contributed by atoms with Crippen molar-refractivity contribution < 1.29 is 14.3 Å². The molecule has 5 nitrogen and oxygen atoms in total. The summed E-state index contributed by atoms with van der Waals surface area (Å²) in [6.07, 6.45) is 4.37. The van der Waals surface area contributed by atoms with Gasteiger partial charge in [0.1, 0.15) is 0 Å². The van der Waals surface area contributed by atoms with Crippen LogP contribution in [0.4, 0.5) is 0 Å². The van der Waals surface area contributed by atoms with Gasteiger partial charge in [-0.3, -0.25) is 9.78 Å². The molecule has 0 bridgehead atoms. The summed E-state index contributed by atoms with van der Waals surface area (Å²) in [6, 6.07) is 3.33. The smallest absolute Gasteiger partial charge is 0.330 e. The van der Waals surface area contributed by atoms with Crippen molar-refractivity contribution in [3.05, 3.63) is 41.7 Å². The Morgan fingerprint density at radius 3 is 2.94 bits per heavy atom. The minimum absolute atomic E-state index is 0.204. The van der Waals surface area contributed by atoms with Crippen LogP contribution in [0.5, 0.6) is 0 Å². The van der Waals surface area contributed by atoms with E-state index >= 15 is 0 Å². The predicted octanol–water partition coefficient (Wildman–Crippen LogP) is 0.849. The van der Waals surface area contributed by atoms with E-state index in [0.717, 1.165) is 5.69 Å². The fourth-order valence-corrected chi connectivity index (χ4v) is 1.16. The van der Waals surface area contributed by atoms with Crippen molar-refractivity contribution in [2.24, 2.45) is 0 Å². The topological polar surface area (TPSA) is 68.3 Å². The molecule has 1 N–H and O–H groups in total. The lowest BCUT2D eigenvalue weighted by Crippen LogP contribution is -2.23. The lowest BCUT2D eigenvalue weighted by molar-refractivity contribution is -0.134. The number of nitrogens with one attached hydrogen (secondary N) is 1. The second-order valence-corrected chi connectivity index (χ2v) is 3.32. The molecule has 0 aliphatic rings. The molecule has 0 radical (unpaired) electrons. The maximum atomic E-state index is 11.6. The number of carbonyl (C=O) groups excluding carboxylic acids is 2. The minimum Gasteiger partial charge on any atom is -0.466 e. The van der Waals surface area contributed by atoms with Crippen LogP contribution in [-0.2, 0) is 9.53 Å². The molecular formula is C12H14N2O3. The van der Waals surface area contributed by atoms with Crippen molar-refractivity contribution in [1.82, 2.24) is 10.3 Å². The molecular weight excluding hydrogens is 220 g/mol. The fraction of sp³-hybridized carbons (Fsp3) is 0.250. The fourth-order valence-electron chi connectivity index (χ4n) is 1.16. The van der Waals surface area contributed by atoms with E-state index in [9.17, 15) is 9.59 Å². The molecule has 0 fully saturated rings. The number of aryl methyl sites for hydroxylation is 1. The van der Waals surface area contributed by atoms with E-state index < -0.39 is 5.97 Å². The molecule has 0 aliphatic heterocycles. The van der Waals surface area contributed by atoms with Gasteiger partial charge >= 0.3 is 5.97 Å². The van der Waals surface area contributed by atoms with Crippen LogP contribution in [-0.4, -0.2) is 30.5 Å². The second kappa shape index (κ2) is 6.42. The number of aromatic nitrogens is 1. The van der Waals surface area contributed by atoms with Gasteiger partial charge in [0, 0.05) is 30.1 Å². The van der Waals surface area contributed by atoms with E-state index in [1.54, 1.807) is 18.3 Å². The third-order valence-corrected chi connectivity index (χ3v) is 1.99. The number of nitrogens with zero attached hydrogens (tertiary/aromatic N) is 1. The molecule has 17 heavy (non-hydrogen) atoms. The Labute approximate surface area is 99.5 Å². The first-order chi connectivity index (χ1) is 8.13. The summed E-state index contributed by atoms with van der Waals surface area (Å²) < 4.78 is 4.41. The number of ether oxygens (including phenoxy) is 1. The van der Waals surface area contributed by atoms with Crippen molar-refractivity contribution in [2.45, 2.75) is 6.92 Å². The van der Waals surface area contributed by atoms with Gasteiger partial charge in [-0.1, -0.05) is 6.08 Å². The van der Waals surface area contributed by atoms with Crippen molar-refractivity contribution in [1.29, 1.82) is 0 Å². The molecule has 0 atom stereocenters. The highest BCUT2D eigenvalue weighted by Crippen LogP contribution is 1.99. The summed E-state index contributed by atoms with van der Waals surface area (Å²) >= 11 is 0. The SMILES string of the molecule is COC(=O)/C=C/CNC(=O)c1ccnc(C)c1. The standard InChI is InChI=1S/C12H14N2O3/c1-9-8-10(5-7-13-9)12(16)14-6-3-4-11(15)17-2/h3-5,7-8H,6H2,1-2H3,(H,14,16)/b4-3+. The Morgan fingerprint density at radius 2 is 2.29 bits per heavy atom. The van der Waals surface area contributed by atoms with Crippen LogP contribution in [0.3, 0.4) is 0 Å². The number of amides is 1. The number of rotatable bonds is 4. The van der Waals surface area contributed by atoms with Crippen LogP contribution in [0, 0.1) is 6.92 Å². The zero-order valence-corrected chi connectivity index (χ0v) is 9.77. The Bertz CT molecular complexity index is 441. The highest BCUT2D eigenvalue weighted by Gasteiger charge is 2.03. The van der Waals surface area contributed by atoms with E-state index in [2.05, 4.69) is 15.0 Å².